The van der Waals surface area contributed by atoms with Crippen molar-refractivity contribution in [2.45, 2.75) is 20.0 Å². The number of aromatic amines is 1. The minimum Gasteiger partial charge on any atom is -0.391 e. The lowest BCUT2D eigenvalue weighted by atomic mass is 10.2. The van der Waals surface area contributed by atoms with Crippen LogP contribution in [0, 0.1) is 0 Å². The highest BCUT2D eigenvalue weighted by Gasteiger charge is 2.12. The molecule has 116 valence electrons. The molecule has 6 heteroatoms. The first-order valence-corrected chi connectivity index (χ1v) is 7.91. The molecule has 3 N–H and O–H groups in total. The number of nitrogens with zero attached hydrogens (tertiary/aromatic N) is 2. The second kappa shape index (κ2) is 8.31. The van der Waals surface area contributed by atoms with E-state index in [1.165, 1.54) is 16.9 Å². The van der Waals surface area contributed by atoms with Crippen molar-refractivity contribution in [2.75, 3.05) is 12.4 Å². The number of H-pyrrole nitrogens is 1. The van der Waals surface area contributed by atoms with Gasteiger partial charge in [0.05, 0.1) is 23.4 Å². The molecule has 0 fully saturated rings. The number of aliphatic hydroxyl groups is 1. The third kappa shape index (κ3) is 4.16. The van der Waals surface area contributed by atoms with E-state index in [2.05, 4.69) is 51.7 Å². The van der Waals surface area contributed by atoms with Crippen LogP contribution in [0.2, 0.25) is 0 Å². The summed E-state index contributed by atoms with van der Waals surface area (Å²) in [5, 5.41) is 19.5. The van der Waals surface area contributed by atoms with Crippen LogP contribution in [0.4, 0.5) is 5.13 Å². The Morgan fingerprint density at radius 2 is 2.05 bits per heavy atom. The number of aliphatic hydroxyl groups excluding tert-OH is 1. The van der Waals surface area contributed by atoms with Gasteiger partial charge in [0.15, 0.2) is 5.13 Å². The van der Waals surface area contributed by atoms with E-state index in [0.717, 1.165) is 27.7 Å². The Balaban J connectivity index is 0.000000188. The summed E-state index contributed by atoms with van der Waals surface area (Å²) in [4.78, 5) is 5.17. The van der Waals surface area contributed by atoms with Gasteiger partial charge in [-0.2, -0.15) is 5.10 Å². The predicted molar refractivity (Wildman–Crippen MR) is 91.0 cm³/mol. The molecule has 1 aromatic carbocycles. The van der Waals surface area contributed by atoms with Gasteiger partial charge in [0, 0.05) is 18.8 Å². The Bertz CT molecular complexity index is 665. The number of hydrogen-bond acceptors (Lipinski definition) is 5. The van der Waals surface area contributed by atoms with Crippen LogP contribution in [0.25, 0.3) is 11.3 Å². The second-order valence-corrected chi connectivity index (χ2v) is 5.61. The first kappa shape index (κ1) is 16.2. The summed E-state index contributed by atoms with van der Waals surface area (Å²) in [5.74, 6) is 0. The van der Waals surface area contributed by atoms with Crippen LogP contribution in [0.1, 0.15) is 17.4 Å². The summed E-state index contributed by atoms with van der Waals surface area (Å²) in [7, 11) is 1.80. The van der Waals surface area contributed by atoms with Gasteiger partial charge in [-0.1, -0.05) is 48.6 Å². The maximum absolute atomic E-state index is 9.14. The highest BCUT2D eigenvalue weighted by molar-refractivity contribution is 7.16. The van der Waals surface area contributed by atoms with Crippen LogP contribution in [-0.4, -0.2) is 27.3 Å². The van der Waals surface area contributed by atoms with Crippen LogP contribution >= 0.6 is 11.3 Å². The van der Waals surface area contributed by atoms with E-state index < -0.39 is 0 Å². The van der Waals surface area contributed by atoms with Crippen molar-refractivity contribution in [1.82, 2.24) is 15.2 Å². The third-order valence-corrected chi connectivity index (χ3v) is 4.14. The normalized spacial score (nSPS) is 9.95. The topological polar surface area (TPSA) is 73.8 Å². The lowest BCUT2D eigenvalue weighted by Crippen LogP contribution is -1.86. The summed E-state index contributed by atoms with van der Waals surface area (Å²) in [6.07, 6.45) is 4.59. The number of aryl methyl sites for hydroxylation is 1. The fourth-order valence-corrected chi connectivity index (χ4v) is 2.68. The SMILES string of the molecule is CCc1ccccc1.CNc1nc(-c2cn[nH]c2)c(CO)s1. The molecule has 2 heterocycles. The average Bonchev–Trinajstić information content (AvgIpc) is 3.24. The Labute approximate surface area is 134 Å². The third-order valence-electron chi connectivity index (χ3n) is 3.08. The van der Waals surface area contributed by atoms with Gasteiger partial charge in [0.2, 0.25) is 0 Å². The number of benzene rings is 1. The van der Waals surface area contributed by atoms with E-state index in [0.29, 0.717) is 0 Å². The first-order valence-electron chi connectivity index (χ1n) is 7.09. The zero-order valence-corrected chi connectivity index (χ0v) is 13.5. The summed E-state index contributed by atoms with van der Waals surface area (Å²) in [5.41, 5.74) is 3.09. The molecule has 0 spiro atoms. The molecule has 5 nitrogen and oxygen atoms in total. The highest BCUT2D eigenvalue weighted by atomic mass is 32.1. The number of hydrogen-bond donors (Lipinski definition) is 3. The fraction of sp³-hybridized carbons (Fsp3) is 0.250. The minimum atomic E-state index is -0.000139. The van der Waals surface area contributed by atoms with E-state index in [4.69, 9.17) is 5.11 Å². The molecule has 0 bridgehead atoms. The van der Waals surface area contributed by atoms with Crippen molar-refractivity contribution in [2.24, 2.45) is 0 Å². The van der Waals surface area contributed by atoms with Gasteiger partial charge in [-0.25, -0.2) is 4.98 Å². The quantitative estimate of drug-likeness (QED) is 0.690. The number of anilines is 1. The molecule has 0 atom stereocenters. The summed E-state index contributed by atoms with van der Waals surface area (Å²) in [6.45, 7) is 2.16. The van der Waals surface area contributed by atoms with Crippen molar-refractivity contribution in [3.63, 3.8) is 0 Å². The predicted octanol–water partition coefficient (Wildman–Crippen LogP) is 3.32. The monoisotopic (exact) mass is 316 g/mol. The molecule has 2 aromatic heterocycles. The summed E-state index contributed by atoms with van der Waals surface area (Å²) in [6, 6.07) is 10.5. The van der Waals surface area contributed by atoms with E-state index in [1.807, 2.05) is 6.07 Å². The molecule has 3 aromatic rings. The summed E-state index contributed by atoms with van der Waals surface area (Å²) >= 11 is 1.44. The average molecular weight is 316 g/mol. The molecule has 0 amide bonds. The van der Waals surface area contributed by atoms with E-state index in [-0.39, 0.29) is 6.61 Å². The van der Waals surface area contributed by atoms with Gasteiger partial charge in [-0.05, 0) is 12.0 Å². The van der Waals surface area contributed by atoms with Crippen molar-refractivity contribution >= 4 is 16.5 Å². The number of thiazole rings is 1. The summed E-state index contributed by atoms with van der Waals surface area (Å²) < 4.78 is 0. The van der Waals surface area contributed by atoms with Gasteiger partial charge in [0.25, 0.3) is 0 Å². The van der Waals surface area contributed by atoms with Gasteiger partial charge in [0.1, 0.15) is 0 Å². The minimum absolute atomic E-state index is 0.000139. The van der Waals surface area contributed by atoms with Crippen molar-refractivity contribution in [3.8, 4) is 11.3 Å². The van der Waals surface area contributed by atoms with E-state index >= 15 is 0 Å². The van der Waals surface area contributed by atoms with Gasteiger partial charge < -0.3 is 10.4 Å². The first-order chi connectivity index (χ1) is 10.8. The molecular formula is C16H20N4OS. The van der Waals surface area contributed by atoms with Crippen LogP contribution in [0.3, 0.4) is 0 Å². The molecule has 0 aliphatic rings. The zero-order valence-electron chi connectivity index (χ0n) is 12.7. The van der Waals surface area contributed by atoms with Gasteiger partial charge >= 0.3 is 0 Å². The lowest BCUT2D eigenvalue weighted by Gasteiger charge is -1.92. The maximum atomic E-state index is 9.14. The van der Waals surface area contributed by atoms with Crippen molar-refractivity contribution < 1.29 is 5.11 Å². The highest BCUT2D eigenvalue weighted by Crippen LogP contribution is 2.30. The number of rotatable bonds is 4. The number of aromatic nitrogens is 3. The Hall–Kier alpha value is -2.18. The number of nitrogens with one attached hydrogen (secondary N) is 2. The molecule has 0 aliphatic heterocycles. The van der Waals surface area contributed by atoms with E-state index in [9.17, 15) is 0 Å². The van der Waals surface area contributed by atoms with Gasteiger partial charge in [-0.3, -0.25) is 5.10 Å². The van der Waals surface area contributed by atoms with Crippen molar-refractivity contribution in [1.29, 1.82) is 0 Å². The Kier molecular flexibility index (Phi) is 6.12. The standard InChI is InChI=1S/C8H10N4OS.C8H10/c1-9-8-12-7(6(4-13)14-8)5-2-10-11-3-5;1-2-8-6-4-3-5-7-8/h2-3,13H,4H2,1H3,(H,9,12)(H,10,11);3-7H,2H2,1H3. The molecule has 0 unspecified atom stereocenters. The van der Waals surface area contributed by atoms with Crippen LogP contribution in [0.5, 0.6) is 0 Å². The molecule has 22 heavy (non-hydrogen) atoms. The second-order valence-electron chi connectivity index (χ2n) is 4.53. The van der Waals surface area contributed by atoms with Gasteiger partial charge in [-0.15, -0.1) is 0 Å². The lowest BCUT2D eigenvalue weighted by molar-refractivity contribution is 0.286. The molecule has 0 aliphatic carbocycles. The van der Waals surface area contributed by atoms with Crippen LogP contribution in [0.15, 0.2) is 42.7 Å². The molecule has 0 radical (unpaired) electrons. The molecule has 0 saturated heterocycles. The smallest absolute Gasteiger partial charge is 0.183 e. The molecule has 0 saturated carbocycles. The molecular weight excluding hydrogens is 296 g/mol. The zero-order chi connectivity index (χ0) is 15.8. The fourth-order valence-electron chi connectivity index (χ4n) is 1.89. The van der Waals surface area contributed by atoms with Crippen molar-refractivity contribution in [3.05, 3.63) is 53.2 Å². The van der Waals surface area contributed by atoms with E-state index in [1.54, 1.807) is 19.4 Å². The Morgan fingerprint density at radius 3 is 2.55 bits per heavy atom. The largest absolute Gasteiger partial charge is 0.391 e. The van der Waals surface area contributed by atoms with Crippen LogP contribution < -0.4 is 5.32 Å². The van der Waals surface area contributed by atoms with Crippen LogP contribution in [-0.2, 0) is 13.0 Å². The molecule has 3 rings (SSSR count). The Morgan fingerprint density at radius 1 is 1.27 bits per heavy atom. The maximum Gasteiger partial charge on any atom is 0.183 e.